The molecule has 15 heavy (non-hydrogen) atoms. The Bertz CT molecular complexity index is 533. The molecule has 0 radical (unpaired) electrons. The second kappa shape index (κ2) is 2.64. The van der Waals surface area contributed by atoms with E-state index in [2.05, 4.69) is 42.8 Å². The zero-order valence-electron chi connectivity index (χ0n) is 9.25. The van der Waals surface area contributed by atoms with Crippen LogP contribution >= 0.6 is 0 Å². The first kappa shape index (κ1) is 8.98. The lowest BCUT2D eigenvalue weighted by molar-refractivity contribution is 0.728. The van der Waals surface area contributed by atoms with E-state index in [1.807, 2.05) is 0 Å². The lowest BCUT2D eigenvalue weighted by Gasteiger charge is -2.09. The smallest absolute Gasteiger partial charge is 0.0483 e. The first-order valence-electron chi connectivity index (χ1n) is 5.47. The number of hydrogen-bond acceptors (Lipinski definition) is 1. The zero-order valence-corrected chi connectivity index (χ0v) is 9.25. The Kier molecular flexibility index (Phi) is 1.58. The minimum absolute atomic E-state index is 0.0368. The summed E-state index contributed by atoms with van der Waals surface area (Å²) in [4.78, 5) is 0. The predicted octanol–water partition coefficient (Wildman–Crippen LogP) is 2.43. The first-order valence-corrected chi connectivity index (χ1v) is 5.47. The van der Waals surface area contributed by atoms with Gasteiger partial charge in [0.1, 0.15) is 0 Å². The fraction of sp³-hybridized carbons (Fsp3) is 0.385. The molecular weight excluding hydrogens is 184 g/mol. The highest BCUT2D eigenvalue weighted by Crippen LogP contribution is 2.47. The highest BCUT2D eigenvalue weighted by atomic mass is 15.0. The minimum Gasteiger partial charge on any atom is -0.348 e. The van der Waals surface area contributed by atoms with Crippen molar-refractivity contribution in [1.82, 2.24) is 4.57 Å². The summed E-state index contributed by atoms with van der Waals surface area (Å²) in [5.74, 6) is 0. The summed E-state index contributed by atoms with van der Waals surface area (Å²) >= 11 is 0. The van der Waals surface area contributed by atoms with Gasteiger partial charge in [-0.15, -0.1) is 0 Å². The molecule has 3 rings (SSSR count). The summed E-state index contributed by atoms with van der Waals surface area (Å²) in [7, 11) is 2.12. The van der Waals surface area contributed by atoms with Crippen LogP contribution in [0, 0.1) is 6.92 Å². The summed E-state index contributed by atoms with van der Waals surface area (Å²) in [6.07, 6.45) is 2.25. The average Bonchev–Trinajstić information content (AvgIpc) is 2.91. The van der Waals surface area contributed by atoms with E-state index >= 15 is 0 Å². The maximum absolute atomic E-state index is 6.33. The highest BCUT2D eigenvalue weighted by Gasteiger charge is 2.43. The maximum Gasteiger partial charge on any atom is 0.0483 e. The quantitative estimate of drug-likeness (QED) is 0.753. The van der Waals surface area contributed by atoms with Crippen molar-refractivity contribution in [2.45, 2.75) is 25.3 Å². The Hall–Kier alpha value is -1.28. The molecule has 1 aromatic carbocycles. The molecule has 0 unspecified atom stereocenters. The molecule has 2 aromatic rings. The Morgan fingerprint density at radius 1 is 1.27 bits per heavy atom. The van der Waals surface area contributed by atoms with Gasteiger partial charge in [0.15, 0.2) is 0 Å². The van der Waals surface area contributed by atoms with E-state index in [1.165, 1.54) is 22.2 Å². The van der Waals surface area contributed by atoms with Gasteiger partial charge in [-0.1, -0.05) is 18.2 Å². The van der Waals surface area contributed by atoms with E-state index in [0.29, 0.717) is 0 Å². The summed E-state index contributed by atoms with van der Waals surface area (Å²) in [6, 6.07) is 8.53. The van der Waals surface area contributed by atoms with E-state index in [1.54, 1.807) is 0 Å². The minimum atomic E-state index is -0.0368. The van der Waals surface area contributed by atoms with Crippen LogP contribution in [0.25, 0.3) is 10.9 Å². The van der Waals surface area contributed by atoms with E-state index in [9.17, 15) is 0 Å². The van der Waals surface area contributed by atoms with Gasteiger partial charge in [-0.2, -0.15) is 0 Å². The van der Waals surface area contributed by atoms with Crippen LogP contribution in [-0.2, 0) is 12.6 Å². The SMILES string of the molecule is Cc1c(C2(N)CC2)c2ccccc2n1C. The summed E-state index contributed by atoms with van der Waals surface area (Å²) in [6.45, 7) is 2.17. The molecule has 78 valence electrons. The van der Waals surface area contributed by atoms with Crippen molar-refractivity contribution in [2.75, 3.05) is 0 Å². The Morgan fingerprint density at radius 2 is 1.93 bits per heavy atom. The maximum atomic E-state index is 6.33. The second-order valence-corrected chi connectivity index (χ2v) is 4.69. The van der Waals surface area contributed by atoms with E-state index < -0.39 is 0 Å². The molecule has 2 nitrogen and oxygen atoms in total. The van der Waals surface area contributed by atoms with Gasteiger partial charge >= 0.3 is 0 Å². The van der Waals surface area contributed by atoms with Crippen molar-refractivity contribution >= 4 is 10.9 Å². The third kappa shape index (κ3) is 1.08. The Labute approximate surface area is 89.7 Å². The number of nitrogens with two attached hydrogens (primary N) is 1. The van der Waals surface area contributed by atoms with Crippen molar-refractivity contribution in [3.8, 4) is 0 Å². The molecule has 0 saturated heterocycles. The molecule has 2 N–H and O–H groups in total. The molecule has 1 aliphatic rings. The van der Waals surface area contributed by atoms with E-state index in [-0.39, 0.29) is 5.54 Å². The van der Waals surface area contributed by atoms with Crippen LogP contribution in [-0.4, -0.2) is 4.57 Å². The topological polar surface area (TPSA) is 30.9 Å². The molecule has 1 aromatic heterocycles. The first-order chi connectivity index (χ1) is 7.13. The van der Waals surface area contributed by atoms with Crippen molar-refractivity contribution < 1.29 is 0 Å². The molecule has 0 amide bonds. The van der Waals surface area contributed by atoms with Gasteiger partial charge in [-0.25, -0.2) is 0 Å². The van der Waals surface area contributed by atoms with Crippen LogP contribution in [0.3, 0.4) is 0 Å². The van der Waals surface area contributed by atoms with Crippen molar-refractivity contribution in [2.24, 2.45) is 12.8 Å². The largest absolute Gasteiger partial charge is 0.348 e. The fourth-order valence-corrected chi connectivity index (χ4v) is 2.53. The molecule has 0 atom stereocenters. The molecule has 1 aliphatic carbocycles. The number of aromatic nitrogens is 1. The molecule has 0 aliphatic heterocycles. The standard InChI is InChI=1S/C13H16N2/c1-9-12(13(14)7-8-13)10-5-3-4-6-11(10)15(9)2/h3-6H,7-8,14H2,1-2H3. The van der Waals surface area contributed by atoms with Crippen LogP contribution in [0.4, 0.5) is 0 Å². The number of para-hydroxylation sites is 1. The molecular formula is C13H16N2. The molecule has 1 fully saturated rings. The summed E-state index contributed by atoms with van der Waals surface area (Å²) in [5, 5.41) is 1.33. The number of aryl methyl sites for hydroxylation is 1. The summed E-state index contributed by atoms with van der Waals surface area (Å²) < 4.78 is 2.25. The molecule has 1 saturated carbocycles. The number of rotatable bonds is 1. The molecule has 0 spiro atoms. The second-order valence-electron chi connectivity index (χ2n) is 4.69. The van der Waals surface area contributed by atoms with Gasteiger partial charge in [-0.05, 0) is 25.8 Å². The summed E-state index contributed by atoms with van der Waals surface area (Å²) in [5.41, 5.74) is 10.3. The fourth-order valence-electron chi connectivity index (χ4n) is 2.53. The Balaban J connectivity index is 2.42. The normalized spacial score (nSPS) is 18.3. The van der Waals surface area contributed by atoms with Crippen LogP contribution in [0.2, 0.25) is 0 Å². The van der Waals surface area contributed by atoms with Crippen molar-refractivity contribution in [1.29, 1.82) is 0 Å². The van der Waals surface area contributed by atoms with Gasteiger partial charge < -0.3 is 10.3 Å². The van der Waals surface area contributed by atoms with Gasteiger partial charge in [0, 0.05) is 34.7 Å². The van der Waals surface area contributed by atoms with Gasteiger partial charge in [0.05, 0.1) is 0 Å². The van der Waals surface area contributed by atoms with Gasteiger partial charge in [0.25, 0.3) is 0 Å². The monoisotopic (exact) mass is 200 g/mol. The Morgan fingerprint density at radius 3 is 2.60 bits per heavy atom. The van der Waals surface area contributed by atoms with E-state index in [0.717, 1.165) is 12.8 Å². The van der Waals surface area contributed by atoms with Crippen LogP contribution in [0.1, 0.15) is 24.1 Å². The third-order valence-electron chi connectivity index (χ3n) is 3.69. The molecule has 0 bridgehead atoms. The lowest BCUT2D eigenvalue weighted by Crippen LogP contribution is -2.19. The molecule has 2 heteroatoms. The zero-order chi connectivity index (χ0) is 10.6. The van der Waals surface area contributed by atoms with Crippen LogP contribution < -0.4 is 5.73 Å². The predicted molar refractivity (Wildman–Crippen MR) is 62.8 cm³/mol. The van der Waals surface area contributed by atoms with Crippen molar-refractivity contribution in [3.05, 3.63) is 35.5 Å². The van der Waals surface area contributed by atoms with Crippen LogP contribution in [0.15, 0.2) is 24.3 Å². The van der Waals surface area contributed by atoms with Crippen LogP contribution in [0.5, 0.6) is 0 Å². The van der Waals surface area contributed by atoms with Crippen molar-refractivity contribution in [3.63, 3.8) is 0 Å². The van der Waals surface area contributed by atoms with E-state index in [4.69, 9.17) is 5.73 Å². The highest BCUT2D eigenvalue weighted by molar-refractivity contribution is 5.87. The number of nitrogens with zero attached hydrogens (tertiary/aromatic N) is 1. The average molecular weight is 200 g/mol. The number of hydrogen-bond donors (Lipinski definition) is 1. The third-order valence-corrected chi connectivity index (χ3v) is 3.69. The number of fused-ring (bicyclic) bond motifs is 1. The number of benzene rings is 1. The lowest BCUT2D eigenvalue weighted by atomic mass is 10.0. The van der Waals surface area contributed by atoms with Gasteiger partial charge in [0.2, 0.25) is 0 Å². The molecule has 1 heterocycles. The van der Waals surface area contributed by atoms with Gasteiger partial charge in [-0.3, -0.25) is 0 Å².